The third kappa shape index (κ3) is 4.47. The van der Waals surface area contributed by atoms with Crippen molar-refractivity contribution in [1.29, 1.82) is 0 Å². The fourth-order valence-electron chi connectivity index (χ4n) is 4.73. The summed E-state index contributed by atoms with van der Waals surface area (Å²) in [7, 11) is 5.46. The van der Waals surface area contributed by atoms with Gasteiger partial charge in [-0.25, -0.2) is 4.79 Å². The normalized spacial score (nSPS) is 26.2. The van der Waals surface area contributed by atoms with Crippen molar-refractivity contribution in [3.05, 3.63) is 60.2 Å². The Bertz CT molecular complexity index is 1060. The summed E-state index contributed by atoms with van der Waals surface area (Å²) in [5.41, 5.74) is 1.49. The molecule has 35 heavy (non-hydrogen) atoms. The second kappa shape index (κ2) is 10.4. The van der Waals surface area contributed by atoms with E-state index >= 15 is 0 Å². The number of β-lactam (4-membered cyclic amide) rings is 1. The zero-order chi connectivity index (χ0) is 25.1. The summed E-state index contributed by atoms with van der Waals surface area (Å²) in [5, 5.41) is 1.55. The van der Waals surface area contributed by atoms with Gasteiger partial charge in [0.1, 0.15) is 11.7 Å². The maximum atomic E-state index is 13.1. The van der Waals surface area contributed by atoms with Gasteiger partial charge in [0.05, 0.1) is 33.4 Å². The van der Waals surface area contributed by atoms with Crippen molar-refractivity contribution in [2.24, 2.45) is 5.92 Å². The minimum absolute atomic E-state index is 0.254. The van der Waals surface area contributed by atoms with Crippen LogP contribution in [0.15, 0.2) is 54.6 Å². The van der Waals surface area contributed by atoms with Gasteiger partial charge in [0.2, 0.25) is 0 Å². The third-order valence-corrected chi connectivity index (χ3v) is 6.41. The van der Waals surface area contributed by atoms with E-state index in [1.165, 1.54) is 21.3 Å². The smallest absolute Gasteiger partial charge is 0.338 e. The summed E-state index contributed by atoms with van der Waals surface area (Å²) in [4.78, 5) is 46.3. The van der Waals surface area contributed by atoms with Crippen LogP contribution < -0.4 is 9.64 Å². The molecule has 0 bridgehead atoms. The number of methoxy groups -OCH3 is 4. The molecular formula is C25H28N2O8. The molecule has 10 heteroatoms. The van der Waals surface area contributed by atoms with Crippen molar-refractivity contribution in [1.82, 2.24) is 5.06 Å². The SMILES string of the molecule is COC(=O)[C@H]1[C@H]([C@H]2[C@@H](OC)C(=O)N2c2ccc(OC)cc2)N(Cc2ccccc2)O[C@@H]1C(=O)OC. The summed E-state index contributed by atoms with van der Waals surface area (Å²) in [6.07, 6.45) is -2.10. The van der Waals surface area contributed by atoms with E-state index in [-0.39, 0.29) is 12.5 Å². The highest BCUT2D eigenvalue weighted by atomic mass is 16.7. The Morgan fingerprint density at radius 1 is 0.886 bits per heavy atom. The average Bonchev–Trinajstić information content (AvgIpc) is 3.25. The van der Waals surface area contributed by atoms with Crippen LogP contribution in [-0.4, -0.2) is 75.6 Å². The Kier molecular flexibility index (Phi) is 7.34. The van der Waals surface area contributed by atoms with E-state index in [4.69, 9.17) is 23.8 Å². The predicted molar refractivity (Wildman–Crippen MR) is 123 cm³/mol. The molecule has 1 amide bonds. The minimum Gasteiger partial charge on any atom is -0.497 e. The molecule has 0 aromatic heterocycles. The minimum atomic E-state index is -1.24. The molecule has 2 aromatic carbocycles. The number of ether oxygens (including phenoxy) is 4. The van der Waals surface area contributed by atoms with Crippen LogP contribution in [0.1, 0.15) is 5.56 Å². The van der Waals surface area contributed by atoms with Crippen LogP contribution in [0.3, 0.4) is 0 Å². The first-order valence-corrected chi connectivity index (χ1v) is 11.1. The first-order valence-electron chi connectivity index (χ1n) is 11.1. The van der Waals surface area contributed by atoms with Crippen LogP contribution in [0.4, 0.5) is 5.69 Å². The Labute approximate surface area is 203 Å². The van der Waals surface area contributed by atoms with Gasteiger partial charge in [0.25, 0.3) is 5.91 Å². The molecular weight excluding hydrogens is 456 g/mol. The Hall–Kier alpha value is -3.47. The molecule has 2 saturated heterocycles. The van der Waals surface area contributed by atoms with Gasteiger partial charge >= 0.3 is 11.9 Å². The molecule has 186 valence electrons. The number of anilines is 1. The van der Waals surface area contributed by atoms with Crippen LogP contribution in [0, 0.1) is 5.92 Å². The third-order valence-electron chi connectivity index (χ3n) is 6.41. The van der Waals surface area contributed by atoms with Crippen LogP contribution in [-0.2, 0) is 40.0 Å². The molecule has 0 N–H and O–H groups in total. The van der Waals surface area contributed by atoms with E-state index in [2.05, 4.69) is 0 Å². The number of esters is 2. The van der Waals surface area contributed by atoms with Gasteiger partial charge in [-0.2, -0.15) is 5.06 Å². The molecule has 2 fully saturated rings. The zero-order valence-electron chi connectivity index (χ0n) is 20.0. The number of rotatable bonds is 8. The molecule has 0 saturated carbocycles. The molecule has 0 spiro atoms. The first-order chi connectivity index (χ1) is 16.9. The van der Waals surface area contributed by atoms with E-state index in [0.717, 1.165) is 5.56 Å². The molecule has 0 aliphatic carbocycles. The van der Waals surface area contributed by atoms with Crippen molar-refractivity contribution >= 4 is 23.5 Å². The second-order valence-corrected chi connectivity index (χ2v) is 8.20. The number of benzene rings is 2. The largest absolute Gasteiger partial charge is 0.497 e. The van der Waals surface area contributed by atoms with Crippen LogP contribution in [0.5, 0.6) is 5.75 Å². The van der Waals surface area contributed by atoms with Gasteiger partial charge in [-0.3, -0.25) is 14.4 Å². The van der Waals surface area contributed by atoms with Gasteiger partial charge in [0, 0.05) is 19.3 Å². The molecule has 10 nitrogen and oxygen atoms in total. The number of hydroxylamine groups is 2. The molecule has 0 radical (unpaired) electrons. The van der Waals surface area contributed by atoms with Crippen molar-refractivity contribution in [3.8, 4) is 5.75 Å². The first kappa shape index (κ1) is 24.6. The lowest BCUT2D eigenvalue weighted by atomic mass is 9.80. The van der Waals surface area contributed by atoms with E-state index in [1.807, 2.05) is 30.3 Å². The number of nitrogens with zero attached hydrogens (tertiary/aromatic N) is 2. The van der Waals surface area contributed by atoms with Crippen molar-refractivity contribution in [2.45, 2.75) is 30.8 Å². The Balaban J connectivity index is 1.77. The highest BCUT2D eigenvalue weighted by molar-refractivity contribution is 6.05. The maximum absolute atomic E-state index is 13.1. The fourth-order valence-corrected chi connectivity index (χ4v) is 4.73. The lowest BCUT2D eigenvalue weighted by Crippen LogP contribution is -2.73. The van der Waals surface area contributed by atoms with Gasteiger partial charge < -0.3 is 23.8 Å². The van der Waals surface area contributed by atoms with Gasteiger partial charge in [-0.15, -0.1) is 0 Å². The number of hydrogen-bond donors (Lipinski definition) is 0. The highest BCUT2D eigenvalue weighted by Gasteiger charge is 2.63. The van der Waals surface area contributed by atoms with Crippen molar-refractivity contribution in [3.63, 3.8) is 0 Å². The molecule has 2 aliphatic heterocycles. The van der Waals surface area contributed by atoms with Crippen LogP contribution in [0.2, 0.25) is 0 Å². The molecule has 2 aliphatic rings. The number of hydrogen-bond acceptors (Lipinski definition) is 9. The molecule has 0 unspecified atom stereocenters. The van der Waals surface area contributed by atoms with E-state index in [1.54, 1.807) is 41.3 Å². The summed E-state index contributed by atoms with van der Waals surface area (Å²) < 4.78 is 20.7. The number of carbonyl (C=O) groups is 3. The maximum Gasteiger partial charge on any atom is 0.338 e. The van der Waals surface area contributed by atoms with E-state index < -0.39 is 42.1 Å². The summed E-state index contributed by atoms with van der Waals surface area (Å²) in [6, 6.07) is 15.0. The van der Waals surface area contributed by atoms with Crippen molar-refractivity contribution in [2.75, 3.05) is 33.3 Å². The molecule has 4 rings (SSSR count). The van der Waals surface area contributed by atoms with Gasteiger partial charge in [-0.1, -0.05) is 30.3 Å². The lowest BCUT2D eigenvalue weighted by molar-refractivity contribution is -0.197. The van der Waals surface area contributed by atoms with Gasteiger partial charge in [0.15, 0.2) is 12.2 Å². The Morgan fingerprint density at radius 3 is 2.11 bits per heavy atom. The van der Waals surface area contributed by atoms with E-state index in [9.17, 15) is 14.4 Å². The lowest BCUT2D eigenvalue weighted by Gasteiger charge is -2.50. The number of amides is 1. The number of carbonyl (C=O) groups excluding carboxylic acids is 3. The van der Waals surface area contributed by atoms with E-state index in [0.29, 0.717) is 11.4 Å². The quantitative estimate of drug-likeness (QED) is 0.408. The fraction of sp³-hybridized carbons (Fsp3) is 0.400. The topological polar surface area (TPSA) is 104 Å². The van der Waals surface area contributed by atoms with Crippen LogP contribution >= 0.6 is 0 Å². The summed E-state index contributed by atoms with van der Waals surface area (Å²) >= 11 is 0. The predicted octanol–water partition coefficient (Wildman–Crippen LogP) is 1.57. The molecule has 2 aromatic rings. The Morgan fingerprint density at radius 2 is 1.54 bits per heavy atom. The van der Waals surface area contributed by atoms with Crippen molar-refractivity contribution < 1.29 is 38.2 Å². The summed E-state index contributed by atoms with van der Waals surface area (Å²) in [6.45, 7) is 0.254. The second-order valence-electron chi connectivity index (χ2n) is 8.20. The highest BCUT2D eigenvalue weighted by Crippen LogP contribution is 2.42. The standard InChI is InChI=1S/C25H28N2O8/c1-31-17-12-10-16(11-13-17)27-20(22(32-2)23(27)28)19-18(24(29)33-3)21(25(30)34-4)35-26(19)14-15-8-6-5-7-9-15/h5-13,18-22H,14H2,1-4H3/t18-,19+,20-,21-,22+/m0/s1. The van der Waals surface area contributed by atoms with Gasteiger partial charge in [-0.05, 0) is 29.8 Å². The zero-order valence-corrected chi connectivity index (χ0v) is 20.0. The molecule has 2 heterocycles. The molecule has 5 atom stereocenters. The average molecular weight is 485 g/mol. The van der Waals surface area contributed by atoms with Crippen LogP contribution in [0.25, 0.3) is 0 Å². The monoisotopic (exact) mass is 484 g/mol. The summed E-state index contributed by atoms with van der Waals surface area (Å²) in [5.74, 6) is -2.06.